The van der Waals surface area contributed by atoms with Gasteiger partial charge in [-0.3, -0.25) is 0 Å². The predicted octanol–water partition coefficient (Wildman–Crippen LogP) is 3.49. The van der Waals surface area contributed by atoms with Gasteiger partial charge in [0.2, 0.25) is 0 Å². The number of hydroxylamine groups is 2. The van der Waals surface area contributed by atoms with E-state index in [9.17, 15) is 4.79 Å². The number of nitrogens with zero attached hydrogens (tertiary/aromatic N) is 2. The summed E-state index contributed by atoms with van der Waals surface area (Å²) in [4.78, 5) is 20.1. The first-order chi connectivity index (χ1) is 11.1. The molecule has 0 amide bonds. The maximum atomic E-state index is 12.5. The Morgan fingerprint density at radius 3 is 2.00 bits per heavy atom. The molecule has 24 heavy (non-hydrogen) atoms. The van der Waals surface area contributed by atoms with Gasteiger partial charge < -0.3 is 14.5 Å². The largest absolute Gasteiger partial charge is 0.459 e. The van der Waals surface area contributed by atoms with Gasteiger partial charge in [0.25, 0.3) is 0 Å². The van der Waals surface area contributed by atoms with Gasteiger partial charge in [0.1, 0.15) is 6.10 Å². The van der Waals surface area contributed by atoms with Gasteiger partial charge in [-0.25, -0.2) is 4.79 Å². The van der Waals surface area contributed by atoms with E-state index < -0.39 is 0 Å². The highest BCUT2D eigenvalue weighted by Gasteiger charge is 2.47. The number of esters is 1. The van der Waals surface area contributed by atoms with Crippen molar-refractivity contribution in [2.75, 3.05) is 26.1 Å². The monoisotopic (exact) mass is 334 g/mol. The molecule has 1 aromatic rings. The lowest BCUT2D eigenvalue weighted by Gasteiger charge is -2.52. The minimum Gasteiger partial charge on any atom is -0.459 e. The van der Waals surface area contributed by atoms with Gasteiger partial charge >= 0.3 is 5.97 Å². The van der Waals surface area contributed by atoms with Gasteiger partial charge in [-0.2, -0.15) is 5.06 Å². The Morgan fingerprint density at radius 1 is 1.08 bits per heavy atom. The lowest BCUT2D eigenvalue weighted by Crippen LogP contribution is -2.61. The summed E-state index contributed by atoms with van der Waals surface area (Å²) in [7, 11) is 5.64. The number of carbonyl (C=O) groups is 1. The lowest BCUT2D eigenvalue weighted by atomic mass is 9.80. The number of rotatable bonds is 4. The van der Waals surface area contributed by atoms with Crippen LogP contribution in [-0.4, -0.2) is 49.4 Å². The molecule has 0 radical (unpaired) electrons. The first-order valence-electron chi connectivity index (χ1n) is 8.39. The van der Waals surface area contributed by atoms with Crippen LogP contribution in [-0.2, 0) is 9.57 Å². The third-order valence-electron chi connectivity index (χ3n) is 4.63. The van der Waals surface area contributed by atoms with E-state index in [1.807, 2.05) is 48.3 Å². The smallest absolute Gasteiger partial charge is 0.338 e. The van der Waals surface area contributed by atoms with Crippen molar-refractivity contribution in [3.8, 4) is 0 Å². The Bertz CT molecular complexity index is 561. The molecule has 0 aliphatic carbocycles. The summed E-state index contributed by atoms with van der Waals surface area (Å²) in [5, 5.41) is 2.01. The Hall–Kier alpha value is -1.59. The van der Waals surface area contributed by atoms with E-state index in [1.54, 1.807) is 7.11 Å². The topological polar surface area (TPSA) is 42.0 Å². The maximum Gasteiger partial charge on any atom is 0.338 e. The standard InChI is InChI=1S/C19H30N2O3/c1-18(2)12-16(13-19(3,4)21(18)23-7)24-17(22)14-8-10-15(11-9-14)20(5)6/h8-11,16H,12-13H2,1-7H3. The third kappa shape index (κ3) is 3.90. The van der Waals surface area contributed by atoms with E-state index >= 15 is 0 Å². The fourth-order valence-electron chi connectivity index (χ4n) is 3.86. The average molecular weight is 334 g/mol. The van der Waals surface area contributed by atoms with E-state index in [0.29, 0.717) is 5.56 Å². The Labute approximate surface area is 145 Å². The second-order valence-corrected chi connectivity index (χ2v) is 7.98. The molecule has 1 aromatic carbocycles. The highest BCUT2D eigenvalue weighted by Crippen LogP contribution is 2.39. The van der Waals surface area contributed by atoms with Crippen LogP contribution in [0, 0.1) is 0 Å². The molecular formula is C19H30N2O3. The summed E-state index contributed by atoms with van der Waals surface area (Å²) in [6.07, 6.45) is 1.36. The zero-order valence-electron chi connectivity index (χ0n) is 15.9. The van der Waals surface area contributed by atoms with Gasteiger partial charge in [-0.1, -0.05) is 0 Å². The van der Waals surface area contributed by atoms with Crippen molar-refractivity contribution in [3.63, 3.8) is 0 Å². The number of hydrogen-bond donors (Lipinski definition) is 0. The molecule has 1 heterocycles. The van der Waals surface area contributed by atoms with E-state index in [1.165, 1.54) is 0 Å². The molecule has 1 saturated heterocycles. The summed E-state index contributed by atoms with van der Waals surface area (Å²) in [5.41, 5.74) is 1.25. The van der Waals surface area contributed by atoms with Crippen LogP contribution in [0.4, 0.5) is 5.69 Å². The van der Waals surface area contributed by atoms with Crippen molar-refractivity contribution >= 4 is 11.7 Å². The molecule has 0 aromatic heterocycles. The quantitative estimate of drug-likeness (QED) is 0.789. The van der Waals surface area contributed by atoms with Crippen molar-refractivity contribution in [1.82, 2.24) is 5.06 Å². The van der Waals surface area contributed by atoms with Crippen molar-refractivity contribution in [1.29, 1.82) is 0 Å². The molecule has 0 spiro atoms. The number of piperidine rings is 1. The molecule has 134 valence electrons. The number of benzene rings is 1. The molecule has 1 aliphatic rings. The number of ether oxygens (including phenoxy) is 1. The molecule has 0 saturated carbocycles. The van der Waals surface area contributed by atoms with Gasteiger partial charge in [0, 0.05) is 43.7 Å². The average Bonchev–Trinajstić information content (AvgIpc) is 2.45. The van der Waals surface area contributed by atoms with E-state index in [-0.39, 0.29) is 23.2 Å². The molecular weight excluding hydrogens is 304 g/mol. The summed E-state index contributed by atoms with van der Waals surface area (Å²) in [6, 6.07) is 7.49. The minimum atomic E-state index is -0.261. The fraction of sp³-hybridized carbons (Fsp3) is 0.632. The van der Waals surface area contributed by atoms with Crippen molar-refractivity contribution in [3.05, 3.63) is 29.8 Å². The molecule has 5 heteroatoms. The zero-order valence-corrected chi connectivity index (χ0v) is 15.9. The highest BCUT2D eigenvalue weighted by atomic mass is 16.7. The molecule has 0 bridgehead atoms. The summed E-state index contributed by atoms with van der Waals surface area (Å²) < 4.78 is 5.81. The van der Waals surface area contributed by atoms with Gasteiger partial charge in [-0.05, 0) is 52.0 Å². The normalized spacial score (nSPS) is 20.6. The molecule has 2 rings (SSSR count). The second kappa shape index (κ2) is 6.73. The second-order valence-electron chi connectivity index (χ2n) is 7.98. The Balaban J connectivity index is 2.09. The molecule has 0 N–H and O–H groups in total. The number of anilines is 1. The molecule has 1 aliphatic heterocycles. The minimum absolute atomic E-state index is 0.123. The van der Waals surface area contributed by atoms with Crippen LogP contribution in [0.25, 0.3) is 0 Å². The van der Waals surface area contributed by atoms with Crippen LogP contribution in [0.1, 0.15) is 50.9 Å². The summed E-state index contributed by atoms with van der Waals surface area (Å²) >= 11 is 0. The van der Waals surface area contributed by atoms with Crippen LogP contribution < -0.4 is 4.90 Å². The molecule has 0 atom stereocenters. The number of hydrogen-bond acceptors (Lipinski definition) is 5. The molecule has 1 fully saturated rings. The van der Waals surface area contributed by atoms with E-state index in [4.69, 9.17) is 9.57 Å². The zero-order chi connectivity index (χ0) is 18.1. The highest BCUT2D eigenvalue weighted by molar-refractivity contribution is 5.90. The van der Waals surface area contributed by atoms with Crippen molar-refractivity contribution in [2.45, 2.75) is 57.7 Å². The van der Waals surface area contributed by atoms with Crippen LogP contribution in [0.15, 0.2) is 24.3 Å². The SMILES string of the molecule is CON1C(C)(C)CC(OC(=O)c2ccc(N(C)C)cc2)CC1(C)C. The van der Waals surface area contributed by atoms with Crippen LogP contribution in [0.2, 0.25) is 0 Å². The maximum absolute atomic E-state index is 12.5. The number of carbonyl (C=O) groups excluding carboxylic acids is 1. The molecule has 0 unspecified atom stereocenters. The van der Waals surface area contributed by atoms with Crippen LogP contribution >= 0.6 is 0 Å². The summed E-state index contributed by atoms with van der Waals surface area (Å²) in [5.74, 6) is -0.261. The van der Waals surface area contributed by atoms with Crippen molar-refractivity contribution < 1.29 is 14.4 Å². The summed E-state index contributed by atoms with van der Waals surface area (Å²) in [6.45, 7) is 8.46. The molecule has 5 nitrogen and oxygen atoms in total. The van der Waals surface area contributed by atoms with Crippen LogP contribution in [0.3, 0.4) is 0 Å². The Morgan fingerprint density at radius 2 is 1.58 bits per heavy atom. The predicted molar refractivity (Wildman–Crippen MR) is 96.2 cm³/mol. The van der Waals surface area contributed by atoms with Gasteiger partial charge in [-0.15, -0.1) is 0 Å². The van der Waals surface area contributed by atoms with Crippen molar-refractivity contribution in [2.24, 2.45) is 0 Å². The van der Waals surface area contributed by atoms with Crippen LogP contribution in [0.5, 0.6) is 0 Å². The first-order valence-corrected chi connectivity index (χ1v) is 8.39. The third-order valence-corrected chi connectivity index (χ3v) is 4.63. The fourth-order valence-corrected chi connectivity index (χ4v) is 3.86. The lowest BCUT2D eigenvalue weighted by molar-refractivity contribution is -0.276. The Kier molecular flexibility index (Phi) is 5.25. The van der Waals surface area contributed by atoms with E-state index in [2.05, 4.69) is 27.7 Å². The van der Waals surface area contributed by atoms with Gasteiger partial charge in [0.15, 0.2) is 0 Å². The first kappa shape index (κ1) is 18.7. The van der Waals surface area contributed by atoms with Gasteiger partial charge in [0.05, 0.1) is 12.7 Å². The van der Waals surface area contributed by atoms with E-state index in [0.717, 1.165) is 18.5 Å².